The number of carbonyl (C=O) groups is 2. The zero-order valence-corrected chi connectivity index (χ0v) is 15.7. The number of fused-ring (bicyclic) bond motifs is 2. The second kappa shape index (κ2) is 6.78. The van der Waals surface area contributed by atoms with E-state index in [1.54, 1.807) is 16.8 Å². The summed E-state index contributed by atoms with van der Waals surface area (Å²) in [4.78, 5) is 54.0. The molecule has 1 spiro atoms. The fourth-order valence-electron chi connectivity index (χ4n) is 4.33. The molecular formula is C20H22N4O4. The molecule has 0 bridgehead atoms. The van der Waals surface area contributed by atoms with E-state index in [0.29, 0.717) is 25.9 Å². The molecule has 8 nitrogen and oxygen atoms in total. The van der Waals surface area contributed by atoms with Crippen molar-refractivity contribution in [2.24, 2.45) is 0 Å². The van der Waals surface area contributed by atoms with Crippen LogP contribution in [0.4, 0.5) is 5.69 Å². The highest BCUT2D eigenvalue weighted by Gasteiger charge is 2.51. The number of likely N-dealkylation sites (N-methyl/N-ethyl adjacent to an activating group) is 1. The van der Waals surface area contributed by atoms with E-state index >= 15 is 0 Å². The van der Waals surface area contributed by atoms with Crippen molar-refractivity contribution in [1.29, 1.82) is 0 Å². The number of likely N-dealkylation sites (tertiary alicyclic amines) is 1. The molecule has 0 saturated carbocycles. The number of nitrogens with zero attached hydrogens (tertiary/aromatic N) is 3. The van der Waals surface area contributed by atoms with E-state index in [4.69, 9.17) is 0 Å². The van der Waals surface area contributed by atoms with E-state index in [1.807, 2.05) is 24.3 Å². The lowest BCUT2D eigenvalue weighted by atomic mass is 9.73. The van der Waals surface area contributed by atoms with Gasteiger partial charge in [-0.05, 0) is 24.5 Å². The Morgan fingerprint density at radius 2 is 1.82 bits per heavy atom. The summed E-state index contributed by atoms with van der Waals surface area (Å²) in [7, 11) is 1.80. The van der Waals surface area contributed by atoms with Gasteiger partial charge in [0.1, 0.15) is 0 Å². The fourth-order valence-corrected chi connectivity index (χ4v) is 4.33. The zero-order chi connectivity index (χ0) is 19.9. The number of piperidine rings is 1. The van der Waals surface area contributed by atoms with Crippen molar-refractivity contribution >= 4 is 17.5 Å². The largest absolute Gasteiger partial charge is 0.343 e. The van der Waals surface area contributed by atoms with E-state index in [0.717, 1.165) is 11.3 Å². The Labute approximate surface area is 161 Å². The molecule has 1 fully saturated rings. The van der Waals surface area contributed by atoms with Crippen LogP contribution in [0.5, 0.6) is 0 Å². The molecule has 1 aromatic heterocycles. The van der Waals surface area contributed by atoms with Crippen molar-refractivity contribution in [3.63, 3.8) is 0 Å². The molecule has 0 atom stereocenters. The summed E-state index contributed by atoms with van der Waals surface area (Å²) in [5, 5.41) is 0. The topological polar surface area (TPSA) is 95.5 Å². The van der Waals surface area contributed by atoms with Crippen LogP contribution in [-0.2, 0) is 21.5 Å². The van der Waals surface area contributed by atoms with Crippen LogP contribution in [0.2, 0.25) is 0 Å². The molecule has 2 amide bonds. The quantitative estimate of drug-likeness (QED) is 0.834. The molecule has 28 heavy (non-hydrogen) atoms. The number of aryl methyl sites for hydroxylation is 1. The Morgan fingerprint density at radius 1 is 1.11 bits per heavy atom. The van der Waals surface area contributed by atoms with E-state index in [2.05, 4.69) is 4.98 Å². The van der Waals surface area contributed by atoms with Gasteiger partial charge in [0.15, 0.2) is 0 Å². The number of aromatic amines is 1. The number of nitrogens with one attached hydrogen (secondary N) is 1. The van der Waals surface area contributed by atoms with Crippen molar-refractivity contribution in [2.45, 2.75) is 31.2 Å². The minimum Gasteiger partial charge on any atom is -0.343 e. The number of aromatic nitrogens is 2. The van der Waals surface area contributed by atoms with Crippen molar-refractivity contribution < 1.29 is 9.59 Å². The molecule has 1 aromatic carbocycles. The van der Waals surface area contributed by atoms with Gasteiger partial charge in [0, 0.05) is 51.1 Å². The average Bonchev–Trinajstić information content (AvgIpc) is 2.90. The number of carbonyl (C=O) groups excluding carboxylic acids is 2. The SMILES string of the molecule is CN1C(=O)C2(CCN(C(=O)CCn3ccc(=O)[nH]c3=O)CC2)c2ccccc21. The van der Waals surface area contributed by atoms with Gasteiger partial charge in [-0.15, -0.1) is 0 Å². The predicted octanol–water partition coefficient (Wildman–Crippen LogP) is 0.464. The van der Waals surface area contributed by atoms with Crippen LogP contribution in [0.15, 0.2) is 46.1 Å². The van der Waals surface area contributed by atoms with Gasteiger partial charge in [0.2, 0.25) is 11.8 Å². The number of hydrogen-bond acceptors (Lipinski definition) is 4. The van der Waals surface area contributed by atoms with Crippen LogP contribution >= 0.6 is 0 Å². The van der Waals surface area contributed by atoms with Crippen LogP contribution in [-0.4, -0.2) is 46.4 Å². The summed E-state index contributed by atoms with van der Waals surface area (Å²) in [5.41, 5.74) is 0.478. The standard InChI is InChI=1S/C20H22N4O4/c1-22-15-5-3-2-4-14(15)20(18(22)27)8-12-23(13-9-20)17(26)7-11-24-10-6-16(25)21-19(24)28/h2-6,10H,7-9,11-13H2,1H3,(H,21,25,28). The summed E-state index contributed by atoms with van der Waals surface area (Å²) < 4.78 is 1.32. The second-order valence-electron chi connectivity index (χ2n) is 7.40. The Bertz CT molecular complexity index is 1050. The monoisotopic (exact) mass is 382 g/mol. The molecule has 2 aliphatic heterocycles. The van der Waals surface area contributed by atoms with Gasteiger partial charge in [-0.25, -0.2) is 4.79 Å². The summed E-state index contributed by atoms with van der Waals surface area (Å²) >= 11 is 0. The van der Waals surface area contributed by atoms with Crippen molar-refractivity contribution in [2.75, 3.05) is 25.0 Å². The number of anilines is 1. The summed E-state index contributed by atoms with van der Waals surface area (Å²) in [5.74, 6) is 0.0422. The number of rotatable bonds is 3. The highest BCUT2D eigenvalue weighted by atomic mass is 16.2. The summed E-state index contributed by atoms with van der Waals surface area (Å²) in [6.45, 7) is 1.22. The summed E-state index contributed by atoms with van der Waals surface area (Å²) in [6, 6.07) is 9.11. The van der Waals surface area contributed by atoms with Crippen molar-refractivity contribution in [3.05, 3.63) is 62.9 Å². The maximum atomic E-state index is 12.9. The van der Waals surface area contributed by atoms with Crippen LogP contribution in [0.1, 0.15) is 24.8 Å². The first-order valence-electron chi connectivity index (χ1n) is 9.38. The van der Waals surface area contributed by atoms with E-state index in [9.17, 15) is 19.2 Å². The van der Waals surface area contributed by atoms with Gasteiger partial charge in [-0.3, -0.25) is 19.4 Å². The molecular weight excluding hydrogens is 360 g/mol. The highest BCUT2D eigenvalue weighted by Crippen LogP contribution is 2.47. The van der Waals surface area contributed by atoms with E-state index in [1.165, 1.54) is 16.8 Å². The molecule has 1 N–H and O–H groups in total. The normalized spacial score (nSPS) is 17.8. The first kappa shape index (κ1) is 18.2. The Balaban J connectivity index is 1.43. The summed E-state index contributed by atoms with van der Waals surface area (Å²) in [6.07, 6.45) is 2.75. The smallest absolute Gasteiger partial charge is 0.328 e. The van der Waals surface area contributed by atoms with Crippen molar-refractivity contribution in [3.8, 4) is 0 Å². The fraction of sp³-hybridized carbons (Fsp3) is 0.400. The molecule has 2 aromatic rings. The predicted molar refractivity (Wildman–Crippen MR) is 103 cm³/mol. The molecule has 0 unspecified atom stereocenters. The number of benzene rings is 1. The molecule has 1 saturated heterocycles. The lowest BCUT2D eigenvalue weighted by Crippen LogP contribution is -2.49. The van der Waals surface area contributed by atoms with Gasteiger partial charge in [-0.2, -0.15) is 0 Å². The lowest BCUT2D eigenvalue weighted by molar-refractivity contribution is -0.135. The minimum absolute atomic E-state index is 0.0555. The molecule has 146 valence electrons. The lowest BCUT2D eigenvalue weighted by Gasteiger charge is -2.38. The van der Waals surface area contributed by atoms with E-state index < -0.39 is 16.7 Å². The second-order valence-corrected chi connectivity index (χ2v) is 7.40. The minimum atomic E-state index is -0.544. The van der Waals surface area contributed by atoms with Crippen LogP contribution in [0.3, 0.4) is 0 Å². The molecule has 3 heterocycles. The van der Waals surface area contributed by atoms with Crippen LogP contribution in [0.25, 0.3) is 0 Å². The Morgan fingerprint density at radius 3 is 2.54 bits per heavy atom. The highest BCUT2D eigenvalue weighted by molar-refractivity contribution is 6.07. The Hall–Kier alpha value is -3.16. The molecule has 4 rings (SSSR count). The van der Waals surface area contributed by atoms with E-state index in [-0.39, 0.29) is 24.8 Å². The van der Waals surface area contributed by atoms with Gasteiger partial charge in [-0.1, -0.05) is 18.2 Å². The molecule has 0 aliphatic carbocycles. The first-order valence-corrected chi connectivity index (χ1v) is 9.38. The maximum Gasteiger partial charge on any atom is 0.328 e. The first-order chi connectivity index (χ1) is 13.4. The zero-order valence-electron chi connectivity index (χ0n) is 15.7. The molecule has 0 radical (unpaired) electrons. The number of amides is 2. The third kappa shape index (κ3) is 2.85. The third-order valence-corrected chi connectivity index (χ3v) is 5.93. The number of hydrogen-bond donors (Lipinski definition) is 1. The van der Waals surface area contributed by atoms with Gasteiger partial charge in [0.05, 0.1) is 5.41 Å². The maximum absolute atomic E-state index is 12.9. The van der Waals surface area contributed by atoms with Crippen molar-refractivity contribution in [1.82, 2.24) is 14.5 Å². The number of para-hydroxylation sites is 1. The van der Waals surface area contributed by atoms with Gasteiger partial charge >= 0.3 is 5.69 Å². The molecule has 2 aliphatic rings. The average molecular weight is 382 g/mol. The number of H-pyrrole nitrogens is 1. The molecule has 8 heteroatoms. The van der Waals surface area contributed by atoms with Gasteiger partial charge < -0.3 is 14.4 Å². The van der Waals surface area contributed by atoms with Crippen LogP contribution in [0, 0.1) is 0 Å². The van der Waals surface area contributed by atoms with Gasteiger partial charge in [0.25, 0.3) is 5.56 Å². The Kier molecular flexibility index (Phi) is 4.41. The third-order valence-electron chi connectivity index (χ3n) is 5.93. The van der Waals surface area contributed by atoms with Crippen LogP contribution < -0.4 is 16.1 Å².